The highest BCUT2D eigenvalue weighted by Crippen LogP contribution is 2.31. The van der Waals surface area contributed by atoms with E-state index in [4.69, 9.17) is 0 Å². The lowest BCUT2D eigenvalue weighted by molar-refractivity contribution is 0.212. The summed E-state index contributed by atoms with van der Waals surface area (Å²) in [4.78, 5) is 16.6. The number of benzene rings is 2. The Bertz CT molecular complexity index is 898. The molecule has 1 N–H and O–H groups in total. The molecule has 1 aliphatic rings. The normalized spacial score (nSPS) is 15.3. The quantitative estimate of drug-likeness (QED) is 0.696. The van der Waals surface area contributed by atoms with Crippen molar-refractivity contribution in [2.75, 3.05) is 31.1 Å². The summed E-state index contributed by atoms with van der Waals surface area (Å²) >= 11 is 3.39. The van der Waals surface area contributed by atoms with Crippen molar-refractivity contribution in [2.45, 2.75) is 6.04 Å². The SMILES string of the molecule is O=c1[nH]ncc(N2CCN(C(c3ccccc3)c3ccccc3)CC2)c1Br. The van der Waals surface area contributed by atoms with Crippen LogP contribution in [0.15, 0.2) is 76.1 Å². The van der Waals surface area contributed by atoms with Crippen molar-refractivity contribution in [1.29, 1.82) is 0 Å². The second kappa shape index (κ2) is 8.06. The van der Waals surface area contributed by atoms with Crippen LogP contribution in [0, 0.1) is 0 Å². The van der Waals surface area contributed by atoms with E-state index in [-0.39, 0.29) is 11.6 Å². The number of rotatable bonds is 4. The van der Waals surface area contributed by atoms with E-state index >= 15 is 0 Å². The lowest BCUT2D eigenvalue weighted by Gasteiger charge is -2.40. The van der Waals surface area contributed by atoms with Crippen LogP contribution >= 0.6 is 15.9 Å². The van der Waals surface area contributed by atoms with Gasteiger partial charge in [-0.25, -0.2) is 5.10 Å². The monoisotopic (exact) mass is 424 g/mol. The number of hydrogen-bond donors (Lipinski definition) is 1. The first-order valence-electron chi connectivity index (χ1n) is 9.06. The van der Waals surface area contributed by atoms with Gasteiger partial charge in [-0.15, -0.1) is 0 Å². The second-order valence-corrected chi connectivity index (χ2v) is 7.44. The third-order valence-electron chi connectivity index (χ3n) is 5.03. The molecule has 0 saturated carbocycles. The minimum absolute atomic E-state index is 0.193. The number of nitrogens with zero attached hydrogens (tertiary/aromatic N) is 3. The van der Waals surface area contributed by atoms with Crippen molar-refractivity contribution in [3.63, 3.8) is 0 Å². The Hall–Kier alpha value is -2.44. The van der Waals surface area contributed by atoms with Crippen molar-refractivity contribution < 1.29 is 0 Å². The molecular formula is C21H21BrN4O. The summed E-state index contributed by atoms with van der Waals surface area (Å²) in [6, 6.07) is 21.5. The van der Waals surface area contributed by atoms with E-state index in [0.29, 0.717) is 4.47 Å². The molecule has 3 aromatic rings. The highest BCUT2D eigenvalue weighted by molar-refractivity contribution is 9.10. The van der Waals surface area contributed by atoms with Crippen LogP contribution in [0.5, 0.6) is 0 Å². The molecule has 138 valence electrons. The van der Waals surface area contributed by atoms with Crippen LogP contribution in [0.2, 0.25) is 0 Å². The minimum Gasteiger partial charge on any atom is -0.367 e. The maximum absolute atomic E-state index is 11.8. The number of nitrogens with one attached hydrogen (secondary N) is 1. The van der Waals surface area contributed by atoms with E-state index in [1.807, 2.05) is 0 Å². The third-order valence-corrected chi connectivity index (χ3v) is 5.79. The first-order valence-corrected chi connectivity index (χ1v) is 9.85. The molecule has 5 nitrogen and oxygen atoms in total. The van der Waals surface area contributed by atoms with Crippen LogP contribution in [-0.2, 0) is 0 Å². The fraction of sp³-hybridized carbons (Fsp3) is 0.238. The Morgan fingerprint density at radius 3 is 2.00 bits per heavy atom. The van der Waals surface area contributed by atoms with Crippen molar-refractivity contribution in [3.05, 3.63) is 92.8 Å². The highest BCUT2D eigenvalue weighted by Gasteiger charge is 2.27. The summed E-state index contributed by atoms with van der Waals surface area (Å²) in [5, 5.41) is 6.41. The van der Waals surface area contributed by atoms with Gasteiger partial charge in [-0.1, -0.05) is 60.7 Å². The summed E-state index contributed by atoms with van der Waals surface area (Å²) in [6.07, 6.45) is 1.72. The summed E-state index contributed by atoms with van der Waals surface area (Å²) in [7, 11) is 0. The maximum Gasteiger partial charge on any atom is 0.280 e. The van der Waals surface area contributed by atoms with Gasteiger partial charge in [0.15, 0.2) is 0 Å². The van der Waals surface area contributed by atoms with Crippen LogP contribution in [-0.4, -0.2) is 41.3 Å². The first kappa shape index (κ1) is 17.9. The molecule has 0 bridgehead atoms. The lowest BCUT2D eigenvalue weighted by atomic mass is 9.96. The van der Waals surface area contributed by atoms with Crippen LogP contribution in [0.3, 0.4) is 0 Å². The lowest BCUT2D eigenvalue weighted by Crippen LogP contribution is -2.48. The van der Waals surface area contributed by atoms with Gasteiger partial charge in [0.2, 0.25) is 0 Å². The van der Waals surface area contributed by atoms with E-state index in [9.17, 15) is 4.79 Å². The van der Waals surface area contributed by atoms with Gasteiger partial charge in [-0.05, 0) is 27.1 Å². The van der Waals surface area contributed by atoms with Gasteiger partial charge in [-0.3, -0.25) is 9.69 Å². The molecule has 0 radical (unpaired) electrons. The molecule has 27 heavy (non-hydrogen) atoms. The molecule has 2 heterocycles. The summed E-state index contributed by atoms with van der Waals surface area (Å²) < 4.78 is 0.550. The van der Waals surface area contributed by atoms with Crippen LogP contribution in [0.1, 0.15) is 17.2 Å². The summed E-state index contributed by atoms with van der Waals surface area (Å²) in [5.41, 5.74) is 3.27. The predicted molar refractivity (Wildman–Crippen MR) is 111 cm³/mol. The maximum atomic E-state index is 11.8. The van der Waals surface area contributed by atoms with Gasteiger partial charge in [0.25, 0.3) is 5.56 Å². The zero-order valence-corrected chi connectivity index (χ0v) is 16.5. The van der Waals surface area contributed by atoms with Crippen molar-refractivity contribution in [3.8, 4) is 0 Å². The Morgan fingerprint density at radius 1 is 0.889 bits per heavy atom. The number of halogens is 1. The number of piperazine rings is 1. The predicted octanol–water partition coefficient (Wildman–Crippen LogP) is 3.44. The number of aromatic amines is 1. The number of hydrogen-bond acceptors (Lipinski definition) is 4. The number of aromatic nitrogens is 2. The topological polar surface area (TPSA) is 52.2 Å². The molecule has 6 heteroatoms. The average Bonchev–Trinajstić information content (AvgIpc) is 2.73. The Morgan fingerprint density at radius 2 is 1.44 bits per heavy atom. The Labute approximate surface area is 166 Å². The molecule has 0 spiro atoms. The Balaban J connectivity index is 1.57. The van der Waals surface area contributed by atoms with Crippen molar-refractivity contribution in [2.24, 2.45) is 0 Å². The van der Waals surface area contributed by atoms with E-state index in [1.165, 1.54) is 11.1 Å². The zero-order chi connectivity index (χ0) is 18.6. The molecule has 2 aromatic carbocycles. The Kier molecular flexibility index (Phi) is 5.36. The molecule has 0 amide bonds. The second-order valence-electron chi connectivity index (χ2n) is 6.65. The molecule has 0 aliphatic carbocycles. The summed E-state index contributed by atoms with van der Waals surface area (Å²) in [6.45, 7) is 3.52. The highest BCUT2D eigenvalue weighted by atomic mass is 79.9. The summed E-state index contributed by atoms with van der Waals surface area (Å²) in [5.74, 6) is 0. The van der Waals surface area contributed by atoms with E-state index in [0.717, 1.165) is 31.9 Å². The molecule has 1 saturated heterocycles. The molecule has 0 unspecified atom stereocenters. The van der Waals surface area contributed by atoms with Gasteiger partial charge in [-0.2, -0.15) is 5.10 Å². The fourth-order valence-electron chi connectivity index (χ4n) is 3.70. The van der Waals surface area contributed by atoms with Crippen LogP contribution in [0.4, 0.5) is 5.69 Å². The fourth-order valence-corrected chi connectivity index (χ4v) is 4.14. The molecule has 1 aromatic heterocycles. The smallest absolute Gasteiger partial charge is 0.280 e. The van der Waals surface area contributed by atoms with Crippen molar-refractivity contribution in [1.82, 2.24) is 15.1 Å². The molecule has 4 rings (SSSR count). The molecular weight excluding hydrogens is 404 g/mol. The number of anilines is 1. The van der Waals surface area contributed by atoms with Gasteiger partial charge < -0.3 is 4.90 Å². The van der Waals surface area contributed by atoms with E-state index in [2.05, 4.69) is 96.6 Å². The van der Waals surface area contributed by atoms with E-state index < -0.39 is 0 Å². The molecule has 1 aliphatic heterocycles. The van der Waals surface area contributed by atoms with Gasteiger partial charge in [0, 0.05) is 26.2 Å². The van der Waals surface area contributed by atoms with Crippen LogP contribution < -0.4 is 10.5 Å². The largest absolute Gasteiger partial charge is 0.367 e. The average molecular weight is 425 g/mol. The molecule has 1 fully saturated rings. The minimum atomic E-state index is -0.193. The van der Waals surface area contributed by atoms with Gasteiger partial charge in [0.05, 0.1) is 17.9 Å². The first-order chi connectivity index (χ1) is 13.2. The number of H-pyrrole nitrogens is 1. The van der Waals surface area contributed by atoms with Crippen LogP contribution in [0.25, 0.3) is 0 Å². The van der Waals surface area contributed by atoms with E-state index in [1.54, 1.807) is 6.20 Å². The van der Waals surface area contributed by atoms with Crippen molar-refractivity contribution >= 4 is 21.6 Å². The molecule has 0 atom stereocenters. The van der Waals surface area contributed by atoms with Gasteiger partial charge in [0.1, 0.15) is 4.47 Å². The van der Waals surface area contributed by atoms with Gasteiger partial charge >= 0.3 is 0 Å². The zero-order valence-electron chi connectivity index (χ0n) is 14.9. The third kappa shape index (κ3) is 3.82. The standard InChI is InChI=1S/C21H21BrN4O/c22-19-18(15-23-24-21(19)27)25-11-13-26(14-12-25)20(16-7-3-1-4-8-16)17-9-5-2-6-10-17/h1-10,15,20H,11-14H2,(H,24,27).